The Morgan fingerprint density at radius 1 is 1.05 bits per heavy atom. The maximum absolute atomic E-state index is 5.68. The van der Waals surface area contributed by atoms with Gasteiger partial charge in [-0.15, -0.1) is 0 Å². The molecule has 4 heteroatoms. The van der Waals surface area contributed by atoms with Crippen molar-refractivity contribution in [3.8, 4) is 11.6 Å². The smallest absolute Gasteiger partial charge is 0.221 e. The highest BCUT2D eigenvalue weighted by molar-refractivity contribution is 5.38. The molecule has 1 aromatic carbocycles. The van der Waals surface area contributed by atoms with Crippen LogP contribution in [0.5, 0.6) is 11.6 Å². The molecule has 0 bridgehead atoms. The Morgan fingerprint density at radius 2 is 1.74 bits per heavy atom. The van der Waals surface area contributed by atoms with Crippen LogP contribution < -0.4 is 16.0 Å². The van der Waals surface area contributed by atoms with Gasteiger partial charge in [-0.3, -0.25) is 0 Å². The minimum atomic E-state index is 0.139. The van der Waals surface area contributed by atoms with Crippen molar-refractivity contribution in [2.24, 2.45) is 5.84 Å². The summed E-state index contributed by atoms with van der Waals surface area (Å²) in [5.74, 6) is 7.16. The number of anilines is 1. The predicted octanol–water partition coefficient (Wildman–Crippen LogP) is 3.46. The molecule has 0 spiro atoms. The molecule has 4 nitrogen and oxygen atoms in total. The minimum Gasteiger partial charge on any atom is -0.439 e. The molecule has 19 heavy (non-hydrogen) atoms. The van der Waals surface area contributed by atoms with E-state index in [1.807, 2.05) is 18.2 Å². The summed E-state index contributed by atoms with van der Waals surface area (Å²) in [6.07, 6.45) is 0. The normalized spacial score (nSPS) is 11.2. The second kappa shape index (κ2) is 5.28. The van der Waals surface area contributed by atoms with Gasteiger partial charge in [-0.05, 0) is 29.2 Å². The lowest BCUT2D eigenvalue weighted by Crippen LogP contribution is -2.10. The highest BCUT2D eigenvalue weighted by Gasteiger charge is 2.13. The van der Waals surface area contributed by atoms with E-state index < -0.39 is 0 Å². The number of aromatic nitrogens is 1. The monoisotopic (exact) mass is 257 g/mol. The first-order valence-electron chi connectivity index (χ1n) is 6.21. The van der Waals surface area contributed by atoms with Gasteiger partial charge in [-0.2, -0.15) is 4.98 Å². The van der Waals surface area contributed by atoms with E-state index in [0.717, 1.165) is 5.75 Å². The molecule has 0 aliphatic rings. The van der Waals surface area contributed by atoms with E-state index in [1.54, 1.807) is 12.1 Å². The van der Waals surface area contributed by atoms with E-state index in [1.165, 1.54) is 5.56 Å². The van der Waals surface area contributed by atoms with Crippen molar-refractivity contribution in [1.29, 1.82) is 0 Å². The van der Waals surface area contributed by atoms with Crippen LogP contribution in [0.1, 0.15) is 26.3 Å². The Kier molecular flexibility index (Phi) is 3.71. The third-order valence-corrected chi connectivity index (χ3v) is 2.81. The lowest BCUT2D eigenvalue weighted by Gasteiger charge is -2.19. The van der Waals surface area contributed by atoms with Crippen molar-refractivity contribution in [2.45, 2.75) is 26.2 Å². The SMILES string of the molecule is CC(C)(C)c1ccc(Oc2cccc(NN)n2)cc1. The van der Waals surface area contributed by atoms with Gasteiger partial charge in [0, 0.05) is 6.07 Å². The molecule has 2 rings (SSSR count). The van der Waals surface area contributed by atoms with Crippen molar-refractivity contribution >= 4 is 5.82 Å². The van der Waals surface area contributed by atoms with Crippen LogP contribution in [0.25, 0.3) is 0 Å². The van der Waals surface area contributed by atoms with Gasteiger partial charge in [-0.25, -0.2) is 5.84 Å². The fourth-order valence-corrected chi connectivity index (χ4v) is 1.70. The van der Waals surface area contributed by atoms with E-state index in [-0.39, 0.29) is 5.41 Å². The molecule has 0 unspecified atom stereocenters. The second-order valence-electron chi connectivity index (χ2n) is 5.38. The Balaban J connectivity index is 2.15. The number of benzene rings is 1. The second-order valence-corrected chi connectivity index (χ2v) is 5.38. The number of hydrazine groups is 1. The molecule has 0 aliphatic carbocycles. The van der Waals surface area contributed by atoms with Gasteiger partial charge in [0.05, 0.1) is 0 Å². The van der Waals surface area contributed by atoms with Crippen molar-refractivity contribution in [3.05, 3.63) is 48.0 Å². The Morgan fingerprint density at radius 3 is 2.32 bits per heavy atom. The van der Waals surface area contributed by atoms with Gasteiger partial charge in [0.25, 0.3) is 0 Å². The van der Waals surface area contributed by atoms with Crippen LogP contribution in [0, 0.1) is 0 Å². The first kappa shape index (κ1) is 13.4. The van der Waals surface area contributed by atoms with Crippen LogP contribution in [0.3, 0.4) is 0 Å². The molecule has 2 aromatic rings. The van der Waals surface area contributed by atoms with Gasteiger partial charge in [0.15, 0.2) is 0 Å². The van der Waals surface area contributed by atoms with E-state index in [0.29, 0.717) is 11.7 Å². The number of nitrogens with one attached hydrogen (secondary N) is 1. The number of rotatable bonds is 3. The summed E-state index contributed by atoms with van der Waals surface area (Å²) >= 11 is 0. The fourth-order valence-electron chi connectivity index (χ4n) is 1.70. The highest BCUT2D eigenvalue weighted by Crippen LogP contribution is 2.26. The van der Waals surface area contributed by atoms with E-state index >= 15 is 0 Å². The molecule has 0 atom stereocenters. The molecule has 1 heterocycles. The van der Waals surface area contributed by atoms with Crippen LogP contribution in [0.4, 0.5) is 5.82 Å². The number of nitrogen functional groups attached to an aromatic ring is 1. The third kappa shape index (κ3) is 3.45. The van der Waals surface area contributed by atoms with Gasteiger partial charge < -0.3 is 10.2 Å². The fraction of sp³-hybridized carbons (Fsp3) is 0.267. The standard InChI is InChI=1S/C15H19N3O/c1-15(2,3)11-7-9-12(10-8-11)19-14-6-4-5-13(17-14)18-16/h4-10H,16H2,1-3H3,(H,17,18). The summed E-state index contributed by atoms with van der Waals surface area (Å²) in [4.78, 5) is 4.20. The summed E-state index contributed by atoms with van der Waals surface area (Å²) in [6, 6.07) is 13.4. The van der Waals surface area contributed by atoms with Crippen LogP contribution in [0.2, 0.25) is 0 Å². The Bertz CT molecular complexity index is 544. The van der Waals surface area contributed by atoms with Gasteiger partial charge in [0.2, 0.25) is 5.88 Å². The topological polar surface area (TPSA) is 60.2 Å². The molecule has 0 amide bonds. The molecule has 0 aliphatic heterocycles. The summed E-state index contributed by atoms with van der Waals surface area (Å²) in [5.41, 5.74) is 3.90. The van der Waals surface area contributed by atoms with Crippen molar-refractivity contribution in [2.75, 3.05) is 5.43 Å². The number of nitrogens with two attached hydrogens (primary N) is 1. The molecule has 0 radical (unpaired) electrons. The molecular weight excluding hydrogens is 238 g/mol. The van der Waals surface area contributed by atoms with Crippen LogP contribution >= 0.6 is 0 Å². The van der Waals surface area contributed by atoms with Crippen molar-refractivity contribution < 1.29 is 4.74 Å². The van der Waals surface area contributed by atoms with Crippen molar-refractivity contribution in [1.82, 2.24) is 4.98 Å². The highest BCUT2D eigenvalue weighted by atomic mass is 16.5. The van der Waals surface area contributed by atoms with Gasteiger partial charge in [-0.1, -0.05) is 39.0 Å². The molecule has 3 N–H and O–H groups in total. The molecule has 0 fully saturated rings. The average Bonchev–Trinajstić information content (AvgIpc) is 2.38. The largest absolute Gasteiger partial charge is 0.439 e. The number of hydrogen-bond donors (Lipinski definition) is 2. The van der Waals surface area contributed by atoms with Crippen LogP contribution in [-0.4, -0.2) is 4.98 Å². The first-order valence-corrected chi connectivity index (χ1v) is 6.21. The minimum absolute atomic E-state index is 0.139. The number of ether oxygens (including phenoxy) is 1. The molecule has 100 valence electrons. The quantitative estimate of drug-likeness (QED) is 0.653. The Hall–Kier alpha value is -2.07. The van der Waals surface area contributed by atoms with Crippen LogP contribution in [-0.2, 0) is 5.41 Å². The maximum Gasteiger partial charge on any atom is 0.221 e. The number of hydrogen-bond acceptors (Lipinski definition) is 4. The summed E-state index contributed by atoms with van der Waals surface area (Å²) in [6.45, 7) is 6.54. The summed E-state index contributed by atoms with van der Waals surface area (Å²) in [7, 11) is 0. The number of nitrogens with zero attached hydrogens (tertiary/aromatic N) is 1. The van der Waals surface area contributed by atoms with E-state index in [4.69, 9.17) is 10.6 Å². The van der Waals surface area contributed by atoms with Crippen LogP contribution in [0.15, 0.2) is 42.5 Å². The lowest BCUT2D eigenvalue weighted by atomic mass is 9.87. The molecular formula is C15H19N3O. The maximum atomic E-state index is 5.68. The van der Waals surface area contributed by atoms with E-state index in [2.05, 4.69) is 43.3 Å². The molecule has 0 saturated carbocycles. The lowest BCUT2D eigenvalue weighted by molar-refractivity contribution is 0.462. The molecule has 1 aromatic heterocycles. The Labute approximate surface area is 113 Å². The molecule has 0 saturated heterocycles. The summed E-state index contributed by atoms with van der Waals surface area (Å²) < 4.78 is 5.68. The zero-order valence-corrected chi connectivity index (χ0v) is 11.5. The third-order valence-electron chi connectivity index (χ3n) is 2.81. The zero-order chi connectivity index (χ0) is 13.9. The predicted molar refractivity (Wildman–Crippen MR) is 77.3 cm³/mol. The number of pyridine rings is 1. The average molecular weight is 257 g/mol. The summed E-state index contributed by atoms with van der Waals surface area (Å²) in [5, 5.41) is 0. The first-order chi connectivity index (χ1) is 8.99. The zero-order valence-electron chi connectivity index (χ0n) is 11.5. The van der Waals surface area contributed by atoms with Gasteiger partial charge >= 0.3 is 0 Å². The van der Waals surface area contributed by atoms with Gasteiger partial charge in [0.1, 0.15) is 11.6 Å². The van der Waals surface area contributed by atoms with E-state index in [9.17, 15) is 0 Å². The van der Waals surface area contributed by atoms with Crippen molar-refractivity contribution in [3.63, 3.8) is 0 Å².